The molecule has 0 bridgehead atoms. The Morgan fingerprint density at radius 1 is 1.21 bits per heavy atom. The van der Waals surface area contributed by atoms with Gasteiger partial charge in [0.25, 0.3) is 0 Å². The average Bonchev–Trinajstić information content (AvgIpc) is 2.02. The first-order valence-corrected chi connectivity index (χ1v) is 4.94. The molecule has 0 saturated carbocycles. The van der Waals surface area contributed by atoms with Crippen LogP contribution in [0.1, 0.15) is 5.56 Å². The minimum atomic E-state index is -4.28. The molecule has 1 nitrogen and oxygen atoms in total. The molecule has 0 aliphatic heterocycles. The van der Waals surface area contributed by atoms with E-state index in [1.165, 1.54) is 6.07 Å². The summed E-state index contributed by atoms with van der Waals surface area (Å²) in [7, 11) is 3.42. The third-order valence-corrected chi connectivity index (χ3v) is 2.71. The van der Waals surface area contributed by atoms with Gasteiger partial charge < -0.3 is 4.90 Å². The lowest BCUT2D eigenvalue weighted by molar-refractivity contribution is -0.138. The topological polar surface area (TPSA) is 3.24 Å². The highest BCUT2D eigenvalue weighted by atomic mass is 127. The summed E-state index contributed by atoms with van der Waals surface area (Å²) in [5, 5.41) is 0. The van der Waals surface area contributed by atoms with Gasteiger partial charge in [0.2, 0.25) is 0 Å². The van der Waals surface area contributed by atoms with Crippen LogP contribution in [0.2, 0.25) is 0 Å². The minimum Gasteiger partial charge on any atom is -0.378 e. The van der Waals surface area contributed by atoms with E-state index in [2.05, 4.69) is 0 Å². The molecule has 5 heteroatoms. The fraction of sp³-hybridized carbons (Fsp3) is 0.333. The predicted octanol–water partition coefficient (Wildman–Crippen LogP) is 3.38. The number of benzene rings is 1. The Balaban J connectivity index is 3.22. The van der Waals surface area contributed by atoms with Crippen molar-refractivity contribution in [2.24, 2.45) is 0 Å². The van der Waals surface area contributed by atoms with E-state index in [1.807, 2.05) is 0 Å². The second kappa shape index (κ2) is 3.96. The van der Waals surface area contributed by atoms with Gasteiger partial charge in [-0.15, -0.1) is 0 Å². The lowest BCUT2D eigenvalue weighted by Gasteiger charge is -2.16. The van der Waals surface area contributed by atoms with E-state index in [-0.39, 0.29) is 3.57 Å². The molecule has 0 N–H and O–H groups in total. The molecule has 0 heterocycles. The van der Waals surface area contributed by atoms with Crippen LogP contribution >= 0.6 is 22.6 Å². The molecule has 0 aromatic heterocycles. The Morgan fingerprint density at radius 3 is 2.21 bits per heavy atom. The molecule has 0 radical (unpaired) electrons. The lowest BCUT2D eigenvalue weighted by atomic mass is 10.2. The molecule has 1 aromatic carbocycles. The monoisotopic (exact) mass is 315 g/mol. The van der Waals surface area contributed by atoms with Crippen LogP contribution in [0.5, 0.6) is 0 Å². The van der Waals surface area contributed by atoms with Crippen LogP contribution in [0.15, 0.2) is 18.2 Å². The van der Waals surface area contributed by atoms with Crippen LogP contribution in [-0.4, -0.2) is 14.1 Å². The van der Waals surface area contributed by atoms with E-state index in [0.29, 0.717) is 5.69 Å². The first kappa shape index (κ1) is 11.6. The van der Waals surface area contributed by atoms with Crippen molar-refractivity contribution in [2.45, 2.75) is 6.18 Å². The molecular formula is C9H9F3IN. The summed E-state index contributed by atoms with van der Waals surface area (Å²) in [6.07, 6.45) is -4.28. The van der Waals surface area contributed by atoms with Crippen molar-refractivity contribution in [1.29, 1.82) is 0 Å². The molecule has 78 valence electrons. The Hall–Kier alpha value is -0.460. The molecule has 0 unspecified atom stereocenters. The summed E-state index contributed by atoms with van der Waals surface area (Å²) in [6, 6.07) is 4.29. The van der Waals surface area contributed by atoms with E-state index in [9.17, 15) is 13.2 Å². The standard InChI is InChI=1S/C9H9F3IN/c1-14(2)6-3-4-8(13)7(5-6)9(10,11)12/h3-5H,1-2H3. The summed E-state index contributed by atoms with van der Waals surface area (Å²) < 4.78 is 37.6. The second-order valence-corrected chi connectivity index (χ2v) is 4.22. The van der Waals surface area contributed by atoms with Gasteiger partial charge in [-0.25, -0.2) is 0 Å². The lowest BCUT2D eigenvalue weighted by Crippen LogP contribution is -2.12. The van der Waals surface area contributed by atoms with Crippen LogP contribution < -0.4 is 4.90 Å². The Kier molecular flexibility index (Phi) is 3.28. The van der Waals surface area contributed by atoms with E-state index in [0.717, 1.165) is 6.07 Å². The maximum Gasteiger partial charge on any atom is 0.417 e. The zero-order valence-electron chi connectivity index (χ0n) is 7.69. The van der Waals surface area contributed by atoms with Gasteiger partial charge in [-0.05, 0) is 40.8 Å². The van der Waals surface area contributed by atoms with Crippen molar-refractivity contribution in [2.75, 3.05) is 19.0 Å². The van der Waals surface area contributed by atoms with Gasteiger partial charge in [0.15, 0.2) is 0 Å². The van der Waals surface area contributed by atoms with Crippen molar-refractivity contribution < 1.29 is 13.2 Å². The molecule has 1 rings (SSSR count). The Bertz CT molecular complexity index is 333. The van der Waals surface area contributed by atoms with Gasteiger partial charge in [0.1, 0.15) is 0 Å². The van der Waals surface area contributed by atoms with Gasteiger partial charge in [-0.1, -0.05) is 0 Å². The van der Waals surface area contributed by atoms with Gasteiger partial charge in [-0.2, -0.15) is 13.2 Å². The van der Waals surface area contributed by atoms with Crippen LogP contribution in [0.3, 0.4) is 0 Å². The van der Waals surface area contributed by atoms with Gasteiger partial charge >= 0.3 is 6.18 Å². The highest BCUT2D eigenvalue weighted by Gasteiger charge is 2.33. The van der Waals surface area contributed by atoms with Crippen molar-refractivity contribution in [3.05, 3.63) is 27.3 Å². The smallest absolute Gasteiger partial charge is 0.378 e. The Morgan fingerprint density at radius 2 is 1.79 bits per heavy atom. The largest absolute Gasteiger partial charge is 0.417 e. The summed E-state index contributed by atoms with van der Waals surface area (Å²) in [6.45, 7) is 0. The molecule has 0 atom stereocenters. The van der Waals surface area contributed by atoms with Crippen molar-refractivity contribution >= 4 is 28.3 Å². The third-order valence-electron chi connectivity index (χ3n) is 1.77. The Labute approximate surface area is 94.0 Å². The molecule has 0 amide bonds. The molecule has 0 aliphatic rings. The van der Waals surface area contributed by atoms with Gasteiger partial charge in [0, 0.05) is 23.4 Å². The van der Waals surface area contributed by atoms with Crippen LogP contribution in [-0.2, 0) is 6.18 Å². The van der Waals surface area contributed by atoms with Crippen LogP contribution in [0, 0.1) is 3.57 Å². The quantitative estimate of drug-likeness (QED) is 0.718. The summed E-state index contributed by atoms with van der Waals surface area (Å²) in [5.74, 6) is 0. The van der Waals surface area contributed by atoms with Crippen molar-refractivity contribution in [3.63, 3.8) is 0 Å². The maximum absolute atomic E-state index is 12.5. The number of hydrogen-bond acceptors (Lipinski definition) is 1. The van der Waals surface area contributed by atoms with Crippen molar-refractivity contribution in [3.8, 4) is 0 Å². The SMILES string of the molecule is CN(C)c1ccc(I)c(C(F)(F)F)c1. The van der Waals surface area contributed by atoms with Crippen LogP contribution in [0.25, 0.3) is 0 Å². The highest BCUT2D eigenvalue weighted by Crippen LogP contribution is 2.34. The molecule has 14 heavy (non-hydrogen) atoms. The second-order valence-electron chi connectivity index (χ2n) is 3.06. The van der Waals surface area contributed by atoms with E-state index < -0.39 is 11.7 Å². The van der Waals surface area contributed by atoms with Crippen LogP contribution in [0.4, 0.5) is 18.9 Å². The number of rotatable bonds is 1. The molecule has 0 spiro atoms. The number of nitrogens with zero attached hydrogens (tertiary/aromatic N) is 1. The number of anilines is 1. The van der Waals surface area contributed by atoms with E-state index in [4.69, 9.17) is 0 Å². The molecule has 0 fully saturated rings. The van der Waals surface area contributed by atoms with E-state index in [1.54, 1.807) is 47.7 Å². The fourth-order valence-electron chi connectivity index (χ4n) is 1.01. The number of alkyl halides is 3. The first-order valence-electron chi connectivity index (χ1n) is 3.86. The fourth-order valence-corrected chi connectivity index (χ4v) is 1.65. The average molecular weight is 315 g/mol. The predicted molar refractivity (Wildman–Crippen MR) is 58.5 cm³/mol. The van der Waals surface area contributed by atoms with Crippen molar-refractivity contribution in [1.82, 2.24) is 0 Å². The minimum absolute atomic E-state index is 0.223. The molecular weight excluding hydrogens is 306 g/mol. The normalized spacial score (nSPS) is 11.6. The molecule has 0 aliphatic carbocycles. The summed E-state index contributed by atoms with van der Waals surface area (Å²) >= 11 is 1.69. The molecule has 0 saturated heterocycles. The van der Waals surface area contributed by atoms with Gasteiger partial charge in [0.05, 0.1) is 5.56 Å². The zero-order chi connectivity index (χ0) is 10.9. The number of hydrogen-bond donors (Lipinski definition) is 0. The maximum atomic E-state index is 12.5. The zero-order valence-corrected chi connectivity index (χ0v) is 9.85. The van der Waals surface area contributed by atoms with E-state index >= 15 is 0 Å². The van der Waals surface area contributed by atoms with Gasteiger partial charge in [-0.3, -0.25) is 0 Å². The first-order chi connectivity index (χ1) is 6.32. The summed E-state index contributed by atoms with van der Waals surface area (Å²) in [4.78, 5) is 1.64. The molecule has 1 aromatic rings. The number of halogens is 4. The highest BCUT2D eigenvalue weighted by molar-refractivity contribution is 14.1. The third kappa shape index (κ3) is 2.52. The summed E-state index contributed by atoms with van der Waals surface area (Å²) in [5.41, 5.74) is -0.0259.